The van der Waals surface area contributed by atoms with E-state index in [4.69, 9.17) is 29.6 Å². The third kappa shape index (κ3) is 2.65. The fourth-order valence-corrected chi connectivity index (χ4v) is 2.02. The Morgan fingerprint density at radius 3 is 2.82 bits per heavy atom. The van der Waals surface area contributed by atoms with Crippen molar-refractivity contribution in [3.8, 4) is 0 Å². The van der Waals surface area contributed by atoms with E-state index in [1.165, 1.54) is 12.1 Å². The lowest BCUT2D eigenvalue weighted by molar-refractivity contribution is 0.626. The van der Waals surface area contributed by atoms with Gasteiger partial charge in [-0.2, -0.15) is 0 Å². The molecule has 0 atom stereocenters. The number of thiocarbonyl (C=S) groups is 1. The molecule has 0 saturated carbocycles. The first-order valence-electron chi connectivity index (χ1n) is 4.97. The zero-order valence-electron chi connectivity index (χ0n) is 8.86. The van der Waals surface area contributed by atoms with Crippen molar-refractivity contribution in [1.82, 2.24) is 4.57 Å². The highest BCUT2D eigenvalue weighted by atomic mass is 35.5. The first-order valence-corrected chi connectivity index (χ1v) is 5.75. The summed E-state index contributed by atoms with van der Waals surface area (Å²) >= 11 is 10.9. The second kappa shape index (κ2) is 4.85. The molecule has 1 aromatic heterocycles. The van der Waals surface area contributed by atoms with Crippen LogP contribution in [0.1, 0.15) is 11.3 Å². The van der Waals surface area contributed by atoms with Gasteiger partial charge in [-0.3, -0.25) is 0 Å². The van der Waals surface area contributed by atoms with Crippen molar-refractivity contribution in [3.05, 3.63) is 58.6 Å². The summed E-state index contributed by atoms with van der Waals surface area (Å²) in [5, 5.41) is 0.396. The Balaban J connectivity index is 2.31. The topological polar surface area (TPSA) is 30.9 Å². The predicted molar refractivity (Wildman–Crippen MR) is 70.8 cm³/mol. The molecule has 17 heavy (non-hydrogen) atoms. The smallest absolute Gasteiger partial charge is 0.124 e. The minimum absolute atomic E-state index is 0.327. The van der Waals surface area contributed by atoms with Crippen molar-refractivity contribution < 1.29 is 4.39 Å². The summed E-state index contributed by atoms with van der Waals surface area (Å²) in [6.07, 6.45) is 1.86. The maximum atomic E-state index is 12.9. The van der Waals surface area contributed by atoms with Gasteiger partial charge >= 0.3 is 0 Å². The lowest BCUT2D eigenvalue weighted by Crippen LogP contribution is -2.15. The molecule has 0 aliphatic carbocycles. The summed E-state index contributed by atoms with van der Waals surface area (Å²) < 4.78 is 14.8. The van der Waals surface area contributed by atoms with Gasteiger partial charge in [0.05, 0.1) is 5.69 Å². The highest BCUT2D eigenvalue weighted by molar-refractivity contribution is 7.80. The van der Waals surface area contributed by atoms with E-state index in [0.29, 0.717) is 16.6 Å². The molecule has 0 unspecified atom stereocenters. The standard InChI is InChI=1S/C12H10ClFN2S/c13-10-6-9(14)4-3-8(10)7-16-5-1-2-11(16)12(15)17/h1-6H,7H2,(H2,15,17). The van der Waals surface area contributed by atoms with Gasteiger partial charge in [-0.05, 0) is 29.8 Å². The Hall–Kier alpha value is -1.39. The second-order valence-electron chi connectivity index (χ2n) is 3.62. The van der Waals surface area contributed by atoms with Crippen molar-refractivity contribution in [2.45, 2.75) is 6.54 Å². The molecule has 2 N–H and O–H groups in total. The van der Waals surface area contributed by atoms with Gasteiger partial charge in [0.2, 0.25) is 0 Å². The van der Waals surface area contributed by atoms with E-state index >= 15 is 0 Å². The van der Waals surface area contributed by atoms with Gasteiger partial charge in [0.15, 0.2) is 0 Å². The van der Waals surface area contributed by atoms with E-state index in [9.17, 15) is 4.39 Å². The van der Waals surface area contributed by atoms with Crippen LogP contribution in [0.2, 0.25) is 5.02 Å². The molecule has 0 aliphatic heterocycles. The van der Waals surface area contributed by atoms with Crippen LogP contribution in [0.5, 0.6) is 0 Å². The average molecular weight is 269 g/mol. The Morgan fingerprint density at radius 2 is 2.18 bits per heavy atom. The van der Waals surface area contributed by atoms with Crippen molar-refractivity contribution in [3.63, 3.8) is 0 Å². The zero-order chi connectivity index (χ0) is 12.4. The minimum Gasteiger partial charge on any atom is -0.388 e. The molecule has 0 amide bonds. The third-order valence-corrected chi connectivity index (χ3v) is 3.00. The van der Waals surface area contributed by atoms with Crippen molar-refractivity contribution in [1.29, 1.82) is 0 Å². The first-order chi connectivity index (χ1) is 8.08. The van der Waals surface area contributed by atoms with E-state index < -0.39 is 0 Å². The monoisotopic (exact) mass is 268 g/mol. The number of rotatable bonds is 3. The fourth-order valence-electron chi connectivity index (χ4n) is 1.61. The fraction of sp³-hybridized carbons (Fsp3) is 0.0833. The normalized spacial score (nSPS) is 10.5. The van der Waals surface area contributed by atoms with E-state index in [-0.39, 0.29) is 5.82 Å². The van der Waals surface area contributed by atoms with E-state index in [1.807, 2.05) is 22.9 Å². The number of hydrogen-bond acceptors (Lipinski definition) is 1. The van der Waals surface area contributed by atoms with Gasteiger partial charge in [-0.1, -0.05) is 29.9 Å². The van der Waals surface area contributed by atoms with Gasteiger partial charge in [-0.15, -0.1) is 0 Å². The molecule has 0 radical (unpaired) electrons. The van der Waals surface area contributed by atoms with Gasteiger partial charge in [0.1, 0.15) is 10.8 Å². The molecule has 1 heterocycles. The Bertz CT molecular complexity index is 565. The molecule has 2 nitrogen and oxygen atoms in total. The predicted octanol–water partition coefficient (Wildman–Crippen LogP) is 2.96. The van der Waals surface area contributed by atoms with Crippen molar-refractivity contribution >= 4 is 28.8 Å². The van der Waals surface area contributed by atoms with Gasteiger partial charge in [0.25, 0.3) is 0 Å². The Kier molecular flexibility index (Phi) is 3.45. The van der Waals surface area contributed by atoms with Gasteiger partial charge < -0.3 is 10.3 Å². The lowest BCUT2D eigenvalue weighted by Gasteiger charge is -2.09. The number of nitrogens with two attached hydrogens (primary N) is 1. The third-order valence-electron chi connectivity index (χ3n) is 2.44. The molecule has 88 valence electrons. The molecule has 0 saturated heterocycles. The maximum Gasteiger partial charge on any atom is 0.124 e. The molecule has 2 aromatic rings. The van der Waals surface area contributed by atoms with Crippen molar-refractivity contribution in [2.24, 2.45) is 5.73 Å². The van der Waals surface area contributed by atoms with Gasteiger partial charge in [0, 0.05) is 17.8 Å². The first kappa shape index (κ1) is 12.1. The van der Waals surface area contributed by atoms with E-state index in [0.717, 1.165) is 11.3 Å². The van der Waals surface area contributed by atoms with Crippen LogP contribution in [0.25, 0.3) is 0 Å². The molecule has 0 spiro atoms. The SMILES string of the molecule is NC(=S)c1cccn1Cc1ccc(F)cc1Cl. The van der Waals surface area contributed by atoms with Crippen LogP contribution in [0.3, 0.4) is 0 Å². The number of halogens is 2. The molecule has 2 rings (SSSR count). The average Bonchev–Trinajstić information content (AvgIpc) is 2.70. The second-order valence-corrected chi connectivity index (χ2v) is 4.47. The highest BCUT2D eigenvalue weighted by Crippen LogP contribution is 2.19. The van der Waals surface area contributed by atoms with Crippen LogP contribution in [-0.2, 0) is 6.54 Å². The quantitative estimate of drug-likeness (QED) is 0.868. The summed E-state index contributed by atoms with van der Waals surface area (Å²) in [6, 6.07) is 8.01. The van der Waals surface area contributed by atoms with Crippen LogP contribution in [-0.4, -0.2) is 9.56 Å². The van der Waals surface area contributed by atoms with Crippen LogP contribution in [0.15, 0.2) is 36.5 Å². The maximum absolute atomic E-state index is 12.9. The summed E-state index contributed by atoms with van der Waals surface area (Å²) in [5.74, 6) is -0.346. The molecular formula is C12H10ClFN2S. The van der Waals surface area contributed by atoms with Crippen molar-refractivity contribution in [2.75, 3.05) is 0 Å². The number of nitrogens with zero attached hydrogens (tertiary/aromatic N) is 1. The van der Waals surface area contributed by atoms with E-state index in [1.54, 1.807) is 6.07 Å². The molecule has 0 bridgehead atoms. The molecule has 0 fully saturated rings. The molecule has 0 aliphatic rings. The highest BCUT2D eigenvalue weighted by Gasteiger charge is 2.07. The van der Waals surface area contributed by atoms with Crippen LogP contribution < -0.4 is 5.73 Å². The zero-order valence-corrected chi connectivity index (χ0v) is 10.4. The largest absolute Gasteiger partial charge is 0.388 e. The van der Waals surface area contributed by atoms with Gasteiger partial charge in [-0.25, -0.2) is 4.39 Å². The van der Waals surface area contributed by atoms with Crippen LogP contribution >= 0.6 is 23.8 Å². The summed E-state index contributed by atoms with van der Waals surface area (Å²) in [5.41, 5.74) is 7.18. The summed E-state index contributed by atoms with van der Waals surface area (Å²) in [6.45, 7) is 0.513. The minimum atomic E-state index is -0.346. The lowest BCUT2D eigenvalue weighted by atomic mass is 10.2. The summed E-state index contributed by atoms with van der Waals surface area (Å²) in [7, 11) is 0. The molecular weight excluding hydrogens is 259 g/mol. The molecule has 5 heteroatoms. The van der Waals surface area contributed by atoms with Crippen LogP contribution in [0, 0.1) is 5.82 Å². The van der Waals surface area contributed by atoms with Crippen LogP contribution in [0.4, 0.5) is 4.39 Å². The summed E-state index contributed by atoms with van der Waals surface area (Å²) in [4.78, 5) is 0.327. The number of aromatic nitrogens is 1. The number of hydrogen-bond donors (Lipinski definition) is 1. The number of benzene rings is 1. The Labute approximate surface area is 109 Å². The molecule has 1 aromatic carbocycles. The van der Waals surface area contributed by atoms with E-state index in [2.05, 4.69) is 0 Å². The Morgan fingerprint density at radius 1 is 1.41 bits per heavy atom.